The summed E-state index contributed by atoms with van der Waals surface area (Å²) in [5.41, 5.74) is -0.511. The maximum absolute atomic E-state index is 15.1. The van der Waals surface area contributed by atoms with E-state index in [1.165, 1.54) is 12.1 Å². The van der Waals surface area contributed by atoms with Gasteiger partial charge in [-0.05, 0) is 24.3 Å². The van der Waals surface area contributed by atoms with Crippen molar-refractivity contribution in [2.24, 2.45) is 0 Å². The maximum Gasteiger partial charge on any atom is 0.127 e. The number of aliphatic hydroxyl groups is 3. The molecule has 1 aromatic carbocycles. The highest BCUT2D eigenvalue weighted by Gasteiger charge is 2.40. The van der Waals surface area contributed by atoms with Gasteiger partial charge in [0.15, 0.2) is 0 Å². The van der Waals surface area contributed by atoms with Gasteiger partial charge in [0.25, 0.3) is 0 Å². The lowest BCUT2D eigenvalue weighted by Crippen LogP contribution is -2.58. The predicted molar refractivity (Wildman–Crippen MR) is 86.1 cm³/mol. The first-order chi connectivity index (χ1) is 11.4. The number of anilines is 1. The lowest BCUT2D eigenvalue weighted by atomic mass is 9.91. The smallest absolute Gasteiger partial charge is 0.127 e. The molecule has 0 bridgehead atoms. The molecule has 3 rings (SSSR count). The summed E-state index contributed by atoms with van der Waals surface area (Å²) in [7, 11) is 0. The second-order valence-electron chi connectivity index (χ2n) is 6.93. The van der Waals surface area contributed by atoms with Gasteiger partial charge in [-0.25, -0.2) is 8.78 Å². The van der Waals surface area contributed by atoms with E-state index in [-0.39, 0.29) is 25.5 Å². The van der Waals surface area contributed by atoms with Crippen molar-refractivity contribution in [3.63, 3.8) is 0 Å². The Morgan fingerprint density at radius 1 is 1.00 bits per heavy atom. The molecule has 2 aliphatic heterocycles. The van der Waals surface area contributed by atoms with Crippen molar-refractivity contribution in [2.45, 2.75) is 36.8 Å². The van der Waals surface area contributed by atoms with Crippen LogP contribution >= 0.6 is 0 Å². The Hall–Kier alpha value is -1.28. The molecule has 0 spiro atoms. The van der Waals surface area contributed by atoms with E-state index in [9.17, 15) is 19.7 Å². The summed E-state index contributed by atoms with van der Waals surface area (Å²) in [6.07, 6.45) is -2.63. The molecule has 0 aromatic heterocycles. The Bertz CT molecular complexity index is 537. The van der Waals surface area contributed by atoms with Gasteiger partial charge in [-0.2, -0.15) is 0 Å². The van der Waals surface area contributed by atoms with Gasteiger partial charge in [0, 0.05) is 51.3 Å². The molecule has 2 fully saturated rings. The number of hydrogen-bond donors (Lipinski definition) is 3. The first kappa shape index (κ1) is 17.5. The normalized spacial score (nSPS) is 31.2. The minimum absolute atomic E-state index is 0.130. The number of halogens is 2. The first-order valence-corrected chi connectivity index (χ1v) is 8.32. The van der Waals surface area contributed by atoms with E-state index in [0.717, 1.165) is 5.69 Å². The fourth-order valence-corrected chi connectivity index (χ4v) is 3.58. The van der Waals surface area contributed by atoms with Crippen molar-refractivity contribution in [3.05, 3.63) is 30.1 Å². The van der Waals surface area contributed by atoms with Crippen molar-refractivity contribution in [1.29, 1.82) is 0 Å². The molecule has 1 aromatic rings. The van der Waals surface area contributed by atoms with Crippen LogP contribution in [0.25, 0.3) is 0 Å². The third-order valence-corrected chi connectivity index (χ3v) is 5.04. The molecular formula is C17H24F2N2O3. The van der Waals surface area contributed by atoms with Crippen molar-refractivity contribution >= 4 is 5.69 Å². The summed E-state index contributed by atoms with van der Waals surface area (Å²) < 4.78 is 28.1. The van der Waals surface area contributed by atoms with Gasteiger partial charge in [-0.1, -0.05) is 0 Å². The number of piperidine rings is 2. The topological polar surface area (TPSA) is 67.2 Å². The van der Waals surface area contributed by atoms with Crippen molar-refractivity contribution in [3.8, 4) is 0 Å². The molecule has 3 N–H and O–H groups in total. The summed E-state index contributed by atoms with van der Waals surface area (Å²) in [6.45, 7) is 1.51. The van der Waals surface area contributed by atoms with E-state index in [1.54, 1.807) is 17.0 Å². The zero-order valence-corrected chi connectivity index (χ0v) is 13.5. The quantitative estimate of drug-likeness (QED) is 0.748. The number of rotatable bonds is 3. The number of alkyl halides is 1. The summed E-state index contributed by atoms with van der Waals surface area (Å²) in [5, 5.41) is 29.0. The fraction of sp³-hybridized carbons (Fsp3) is 0.647. The molecule has 7 heteroatoms. The second kappa shape index (κ2) is 6.92. The SMILES string of the molecule is O[C@H]1[C@H](O)CN(CC2(F)CCN(c3ccc(F)cc3)CC2)C[C@@H]1O. The molecule has 134 valence electrons. The number of β-amino-alcohol motifs (C(OH)–C–C–N with tert-alkyl or cyclic N) is 2. The predicted octanol–water partition coefficient (Wildman–Crippen LogP) is 0.532. The first-order valence-electron chi connectivity index (χ1n) is 8.32. The Balaban J connectivity index is 1.56. The van der Waals surface area contributed by atoms with Gasteiger partial charge in [0.05, 0.1) is 12.2 Å². The average molecular weight is 342 g/mol. The van der Waals surface area contributed by atoms with E-state index in [2.05, 4.69) is 0 Å². The van der Waals surface area contributed by atoms with Crippen molar-refractivity contribution in [1.82, 2.24) is 4.90 Å². The molecule has 0 amide bonds. The molecule has 0 radical (unpaired) electrons. The van der Waals surface area contributed by atoms with Crippen LogP contribution in [0.4, 0.5) is 14.5 Å². The van der Waals surface area contributed by atoms with Crippen molar-refractivity contribution in [2.75, 3.05) is 37.6 Å². The molecule has 2 aliphatic rings. The number of aliphatic hydroxyl groups excluding tert-OH is 3. The highest BCUT2D eigenvalue weighted by atomic mass is 19.1. The summed E-state index contributed by atoms with van der Waals surface area (Å²) >= 11 is 0. The van der Waals surface area contributed by atoms with E-state index in [0.29, 0.717) is 25.9 Å². The van der Waals surface area contributed by atoms with Gasteiger partial charge in [-0.3, -0.25) is 4.90 Å². The van der Waals surface area contributed by atoms with Gasteiger partial charge < -0.3 is 20.2 Å². The fourth-order valence-electron chi connectivity index (χ4n) is 3.58. The van der Waals surface area contributed by atoms with Crippen LogP contribution in [-0.4, -0.2) is 76.9 Å². The number of hydrogen-bond acceptors (Lipinski definition) is 5. The number of likely N-dealkylation sites (tertiary alicyclic amines) is 1. The minimum atomic E-state index is -1.39. The Morgan fingerprint density at radius 3 is 2.08 bits per heavy atom. The van der Waals surface area contributed by atoms with E-state index >= 15 is 4.39 Å². The van der Waals surface area contributed by atoms with Gasteiger partial charge in [0.1, 0.15) is 17.6 Å². The van der Waals surface area contributed by atoms with Crippen LogP contribution in [0.15, 0.2) is 24.3 Å². The number of nitrogens with zero attached hydrogens (tertiary/aromatic N) is 2. The third kappa shape index (κ3) is 3.85. The van der Waals surface area contributed by atoms with Gasteiger partial charge in [0.2, 0.25) is 0 Å². The molecular weight excluding hydrogens is 318 g/mol. The average Bonchev–Trinajstić information content (AvgIpc) is 2.54. The minimum Gasteiger partial charge on any atom is -0.389 e. The standard InChI is InChI=1S/C17H24F2N2O3/c18-12-1-3-13(4-2-12)21-7-5-17(19,6-8-21)11-20-9-14(22)16(24)15(23)10-20/h1-4,14-16,22-24H,5-11H2/t14-,15+,16+. The van der Waals surface area contributed by atoms with Gasteiger partial charge in [-0.15, -0.1) is 0 Å². The Labute approximate surface area is 140 Å². The highest BCUT2D eigenvalue weighted by Crippen LogP contribution is 2.31. The van der Waals surface area contributed by atoms with E-state index < -0.39 is 24.0 Å². The third-order valence-electron chi connectivity index (χ3n) is 5.04. The number of benzene rings is 1. The lowest BCUT2D eigenvalue weighted by Gasteiger charge is -2.43. The molecule has 2 saturated heterocycles. The van der Waals surface area contributed by atoms with E-state index in [4.69, 9.17) is 0 Å². The molecule has 24 heavy (non-hydrogen) atoms. The Kier molecular flexibility index (Phi) is 5.05. The highest BCUT2D eigenvalue weighted by molar-refractivity contribution is 5.46. The van der Waals surface area contributed by atoms with Crippen LogP contribution in [0, 0.1) is 5.82 Å². The zero-order chi connectivity index (χ0) is 17.3. The zero-order valence-electron chi connectivity index (χ0n) is 13.5. The van der Waals surface area contributed by atoms with Crippen LogP contribution in [-0.2, 0) is 0 Å². The Morgan fingerprint density at radius 2 is 1.54 bits per heavy atom. The summed E-state index contributed by atoms with van der Waals surface area (Å²) in [4.78, 5) is 3.70. The molecule has 0 unspecified atom stereocenters. The van der Waals surface area contributed by atoms with Gasteiger partial charge >= 0.3 is 0 Å². The van der Waals surface area contributed by atoms with Crippen LogP contribution < -0.4 is 4.90 Å². The summed E-state index contributed by atoms with van der Waals surface area (Å²) in [6, 6.07) is 6.18. The second-order valence-corrected chi connectivity index (χ2v) is 6.93. The van der Waals surface area contributed by atoms with Crippen molar-refractivity contribution < 1.29 is 24.1 Å². The summed E-state index contributed by atoms with van der Waals surface area (Å²) in [5.74, 6) is -0.292. The van der Waals surface area contributed by atoms with E-state index in [1.807, 2.05) is 4.90 Å². The van der Waals surface area contributed by atoms with Crippen LogP contribution in [0.5, 0.6) is 0 Å². The van der Waals surface area contributed by atoms with Crippen LogP contribution in [0.3, 0.4) is 0 Å². The molecule has 0 aliphatic carbocycles. The molecule has 3 atom stereocenters. The van der Waals surface area contributed by atoms with Crippen LogP contribution in [0.1, 0.15) is 12.8 Å². The monoisotopic (exact) mass is 342 g/mol. The largest absolute Gasteiger partial charge is 0.389 e. The maximum atomic E-state index is 15.1. The molecule has 2 heterocycles. The molecule has 0 saturated carbocycles. The lowest BCUT2D eigenvalue weighted by molar-refractivity contribution is -0.118. The van der Waals surface area contributed by atoms with Crippen LogP contribution in [0.2, 0.25) is 0 Å². The molecule has 5 nitrogen and oxygen atoms in total.